The number of carbonyl (C=O) groups excluding carboxylic acids is 1. The van der Waals surface area contributed by atoms with Gasteiger partial charge >= 0.3 is 0 Å². The Labute approximate surface area is 137 Å². The lowest BCUT2D eigenvalue weighted by Gasteiger charge is -2.03. The Balaban J connectivity index is 1.82. The molecule has 3 aromatic rings. The second-order valence-corrected chi connectivity index (χ2v) is 5.94. The van der Waals surface area contributed by atoms with Crippen molar-refractivity contribution in [3.63, 3.8) is 0 Å². The van der Waals surface area contributed by atoms with E-state index in [1.807, 2.05) is 36.4 Å². The number of methoxy groups -OCH3 is 2. The molecule has 0 aliphatic rings. The normalized spacial score (nSPS) is 10.5. The highest BCUT2D eigenvalue weighted by atomic mass is 32.1. The molecule has 118 valence electrons. The maximum Gasteiger partial charge on any atom is 0.230 e. The fourth-order valence-corrected chi connectivity index (χ4v) is 3.17. The molecule has 0 saturated carbocycles. The van der Waals surface area contributed by atoms with Crippen LogP contribution in [-0.2, 0) is 11.2 Å². The van der Waals surface area contributed by atoms with Gasteiger partial charge in [0.2, 0.25) is 5.91 Å². The van der Waals surface area contributed by atoms with Gasteiger partial charge in [0.1, 0.15) is 17.0 Å². The molecule has 3 rings (SSSR count). The molecule has 5 nitrogen and oxygen atoms in total. The Bertz CT molecular complexity index is 830. The standard InChI is InChI=1S/C17H16N2O3S/c1-21-12-9-13(22-2)16-14(10-12)23-17(19-16)18-15(20)8-11-6-4-3-5-7-11/h3-7,9-10H,8H2,1-2H3,(H,18,19,20). The lowest BCUT2D eigenvalue weighted by atomic mass is 10.1. The third kappa shape index (κ3) is 3.43. The quantitative estimate of drug-likeness (QED) is 0.779. The van der Waals surface area contributed by atoms with Crippen LogP contribution in [0.4, 0.5) is 5.13 Å². The molecular formula is C17H16N2O3S. The van der Waals surface area contributed by atoms with Crippen molar-refractivity contribution in [3.05, 3.63) is 48.0 Å². The van der Waals surface area contributed by atoms with E-state index in [4.69, 9.17) is 9.47 Å². The number of amides is 1. The summed E-state index contributed by atoms with van der Waals surface area (Å²) in [7, 11) is 3.19. The minimum Gasteiger partial charge on any atom is -0.497 e. The van der Waals surface area contributed by atoms with Gasteiger partial charge in [-0.1, -0.05) is 41.7 Å². The number of thiazole rings is 1. The highest BCUT2D eigenvalue weighted by molar-refractivity contribution is 7.22. The number of anilines is 1. The zero-order valence-electron chi connectivity index (χ0n) is 12.8. The lowest BCUT2D eigenvalue weighted by Crippen LogP contribution is -2.14. The lowest BCUT2D eigenvalue weighted by molar-refractivity contribution is -0.115. The van der Waals surface area contributed by atoms with Crippen LogP contribution < -0.4 is 14.8 Å². The zero-order chi connectivity index (χ0) is 16.2. The van der Waals surface area contributed by atoms with Gasteiger partial charge in [0.05, 0.1) is 25.3 Å². The van der Waals surface area contributed by atoms with Crippen LogP contribution in [0.3, 0.4) is 0 Å². The maximum atomic E-state index is 12.1. The van der Waals surface area contributed by atoms with Crippen LogP contribution in [0.15, 0.2) is 42.5 Å². The summed E-state index contributed by atoms with van der Waals surface area (Å²) in [4.78, 5) is 16.6. The van der Waals surface area contributed by atoms with E-state index in [2.05, 4.69) is 10.3 Å². The van der Waals surface area contributed by atoms with E-state index in [9.17, 15) is 4.79 Å². The van der Waals surface area contributed by atoms with Crippen LogP contribution in [0.1, 0.15) is 5.56 Å². The van der Waals surface area contributed by atoms with Gasteiger partial charge in [-0.2, -0.15) is 0 Å². The van der Waals surface area contributed by atoms with Gasteiger partial charge in [0, 0.05) is 6.07 Å². The molecule has 2 aromatic carbocycles. The second kappa shape index (κ2) is 6.66. The van der Waals surface area contributed by atoms with Crippen LogP contribution >= 0.6 is 11.3 Å². The molecule has 0 radical (unpaired) electrons. The molecule has 0 bridgehead atoms. The predicted octanol–water partition coefficient (Wildman–Crippen LogP) is 3.49. The molecule has 0 fully saturated rings. The summed E-state index contributed by atoms with van der Waals surface area (Å²) in [6, 6.07) is 13.3. The Hall–Kier alpha value is -2.60. The summed E-state index contributed by atoms with van der Waals surface area (Å²) < 4.78 is 11.5. The van der Waals surface area contributed by atoms with Crippen molar-refractivity contribution in [1.29, 1.82) is 0 Å². The van der Waals surface area contributed by atoms with Crippen molar-refractivity contribution in [2.75, 3.05) is 19.5 Å². The summed E-state index contributed by atoms with van der Waals surface area (Å²) in [6.45, 7) is 0. The number of hydrogen-bond acceptors (Lipinski definition) is 5. The Morgan fingerprint density at radius 3 is 2.65 bits per heavy atom. The van der Waals surface area contributed by atoms with Gasteiger partial charge in [0.15, 0.2) is 5.13 Å². The molecule has 6 heteroatoms. The number of carbonyl (C=O) groups is 1. The SMILES string of the molecule is COc1cc(OC)c2nc(NC(=O)Cc3ccccc3)sc2c1. The third-order valence-corrected chi connectivity index (χ3v) is 4.26. The zero-order valence-corrected chi connectivity index (χ0v) is 13.6. The van der Waals surface area contributed by atoms with Crippen molar-refractivity contribution in [2.24, 2.45) is 0 Å². The Morgan fingerprint density at radius 2 is 1.96 bits per heavy atom. The predicted molar refractivity (Wildman–Crippen MR) is 91.5 cm³/mol. The summed E-state index contributed by atoms with van der Waals surface area (Å²) in [5.74, 6) is 1.22. The van der Waals surface area contributed by atoms with Crippen LogP contribution in [0.5, 0.6) is 11.5 Å². The van der Waals surface area contributed by atoms with Crippen LogP contribution in [0, 0.1) is 0 Å². The van der Waals surface area contributed by atoms with E-state index >= 15 is 0 Å². The van der Waals surface area contributed by atoms with Crippen molar-refractivity contribution in [3.8, 4) is 11.5 Å². The summed E-state index contributed by atoms with van der Waals surface area (Å²) in [5, 5.41) is 3.39. The summed E-state index contributed by atoms with van der Waals surface area (Å²) in [6.07, 6.45) is 0.317. The highest BCUT2D eigenvalue weighted by Crippen LogP contribution is 2.36. The molecule has 0 aliphatic carbocycles. The largest absolute Gasteiger partial charge is 0.497 e. The number of benzene rings is 2. The molecule has 0 atom stereocenters. The first-order chi connectivity index (χ1) is 11.2. The van der Waals surface area contributed by atoms with E-state index in [-0.39, 0.29) is 5.91 Å². The number of hydrogen-bond donors (Lipinski definition) is 1. The molecular weight excluding hydrogens is 312 g/mol. The molecule has 1 amide bonds. The average molecular weight is 328 g/mol. The van der Waals surface area contributed by atoms with Gasteiger partial charge in [-0.05, 0) is 11.6 Å². The van der Waals surface area contributed by atoms with E-state index in [1.54, 1.807) is 20.3 Å². The van der Waals surface area contributed by atoms with Gasteiger partial charge < -0.3 is 14.8 Å². The first-order valence-corrected chi connectivity index (χ1v) is 7.87. The van der Waals surface area contributed by atoms with E-state index in [1.165, 1.54) is 11.3 Å². The molecule has 0 aliphatic heterocycles. The van der Waals surface area contributed by atoms with Crippen LogP contribution in [0.2, 0.25) is 0 Å². The molecule has 23 heavy (non-hydrogen) atoms. The molecule has 0 saturated heterocycles. The first kappa shape index (κ1) is 15.3. The van der Waals surface area contributed by atoms with E-state index in [0.29, 0.717) is 28.6 Å². The smallest absolute Gasteiger partial charge is 0.230 e. The van der Waals surface area contributed by atoms with Gasteiger partial charge in [-0.3, -0.25) is 4.79 Å². The average Bonchev–Trinajstić information content (AvgIpc) is 2.96. The highest BCUT2D eigenvalue weighted by Gasteiger charge is 2.13. The number of fused-ring (bicyclic) bond motifs is 1. The Morgan fingerprint density at radius 1 is 1.17 bits per heavy atom. The third-order valence-electron chi connectivity index (χ3n) is 3.34. The minimum atomic E-state index is -0.0961. The fraction of sp³-hybridized carbons (Fsp3) is 0.176. The monoisotopic (exact) mass is 328 g/mol. The van der Waals surface area contributed by atoms with Crippen molar-refractivity contribution >= 4 is 32.6 Å². The van der Waals surface area contributed by atoms with Crippen molar-refractivity contribution in [1.82, 2.24) is 4.98 Å². The Kier molecular flexibility index (Phi) is 4.43. The number of nitrogens with one attached hydrogen (secondary N) is 1. The van der Waals surface area contributed by atoms with Gasteiger partial charge in [-0.15, -0.1) is 0 Å². The molecule has 1 aromatic heterocycles. The fourth-order valence-electron chi connectivity index (χ4n) is 2.25. The minimum absolute atomic E-state index is 0.0961. The summed E-state index contributed by atoms with van der Waals surface area (Å²) in [5.41, 5.74) is 1.68. The van der Waals surface area contributed by atoms with Crippen molar-refractivity contribution in [2.45, 2.75) is 6.42 Å². The molecule has 0 unspecified atom stereocenters. The van der Waals surface area contributed by atoms with E-state index in [0.717, 1.165) is 10.3 Å². The van der Waals surface area contributed by atoms with Gasteiger partial charge in [0.25, 0.3) is 0 Å². The second-order valence-electron chi connectivity index (χ2n) is 4.91. The number of rotatable bonds is 5. The molecule has 0 spiro atoms. The van der Waals surface area contributed by atoms with Crippen molar-refractivity contribution < 1.29 is 14.3 Å². The summed E-state index contributed by atoms with van der Waals surface area (Å²) >= 11 is 1.39. The van der Waals surface area contributed by atoms with Crippen LogP contribution in [-0.4, -0.2) is 25.1 Å². The van der Waals surface area contributed by atoms with E-state index < -0.39 is 0 Å². The first-order valence-electron chi connectivity index (χ1n) is 7.06. The van der Waals surface area contributed by atoms with Gasteiger partial charge in [-0.25, -0.2) is 4.98 Å². The van der Waals surface area contributed by atoms with Crippen LogP contribution in [0.25, 0.3) is 10.2 Å². The number of ether oxygens (including phenoxy) is 2. The maximum absolute atomic E-state index is 12.1. The number of aromatic nitrogens is 1. The molecule has 1 heterocycles. The number of nitrogens with zero attached hydrogens (tertiary/aromatic N) is 1. The molecule has 1 N–H and O–H groups in total. The topological polar surface area (TPSA) is 60.5 Å².